The molecule has 1 atom stereocenters. The summed E-state index contributed by atoms with van der Waals surface area (Å²) in [5.41, 5.74) is 0.387. The first-order chi connectivity index (χ1) is 14.0. The predicted molar refractivity (Wildman–Crippen MR) is 103 cm³/mol. The molecular formula is C21H23N2O6+. The van der Waals surface area contributed by atoms with Gasteiger partial charge in [-0.2, -0.15) is 0 Å². The van der Waals surface area contributed by atoms with Crippen LogP contribution in [0, 0.1) is 0 Å². The summed E-state index contributed by atoms with van der Waals surface area (Å²) in [5.74, 6) is -0.150. The third kappa shape index (κ3) is 3.47. The number of quaternary nitrogens is 1. The predicted octanol–water partition coefficient (Wildman–Crippen LogP) is 0.617. The van der Waals surface area contributed by atoms with Crippen molar-refractivity contribution in [1.82, 2.24) is 4.90 Å². The molecule has 0 bridgehead atoms. The van der Waals surface area contributed by atoms with Crippen molar-refractivity contribution >= 4 is 17.4 Å². The number of nitrogens with zero attached hydrogens (tertiary/aromatic N) is 1. The van der Waals surface area contributed by atoms with Gasteiger partial charge in [0.2, 0.25) is 0 Å². The molecule has 2 aromatic rings. The van der Waals surface area contributed by atoms with Crippen LogP contribution in [0.4, 0.5) is 0 Å². The highest BCUT2D eigenvalue weighted by Gasteiger charge is 2.47. The van der Waals surface area contributed by atoms with E-state index in [1.807, 2.05) is 14.1 Å². The third-order valence-electron chi connectivity index (χ3n) is 5.02. The summed E-state index contributed by atoms with van der Waals surface area (Å²) in [6.07, 6.45) is 1.48. The van der Waals surface area contributed by atoms with Crippen LogP contribution in [0.5, 0.6) is 11.5 Å². The molecule has 2 N–H and O–H groups in total. The lowest BCUT2D eigenvalue weighted by atomic mass is 9.99. The van der Waals surface area contributed by atoms with Gasteiger partial charge >= 0.3 is 0 Å². The van der Waals surface area contributed by atoms with E-state index in [4.69, 9.17) is 13.9 Å². The van der Waals surface area contributed by atoms with Gasteiger partial charge in [0.1, 0.15) is 30.8 Å². The minimum Gasteiger partial charge on any atom is -0.507 e. The van der Waals surface area contributed by atoms with Crippen molar-refractivity contribution in [3.05, 3.63) is 53.5 Å². The number of carbonyl (C=O) groups excluding carboxylic acids is 2. The van der Waals surface area contributed by atoms with Crippen molar-refractivity contribution < 1.29 is 33.5 Å². The van der Waals surface area contributed by atoms with Crippen LogP contribution in [0.3, 0.4) is 0 Å². The fraction of sp³-hybridized carbons (Fsp3) is 0.333. The zero-order chi connectivity index (χ0) is 20.5. The average molecular weight is 399 g/mol. The molecule has 8 heteroatoms. The van der Waals surface area contributed by atoms with Crippen molar-refractivity contribution in [1.29, 1.82) is 0 Å². The summed E-state index contributed by atoms with van der Waals surface area (Å²) in [5, 5.41) is 11.0. The van der Waals surface area contributed by atoms with E-state index in [0.717, 1.165) is 4.90 Å². The number of aliphatic hydroxyl groups excluding tert-OH is 1. The van der Waals surface area contributed by atoms with Gasteiger partial charge in [-0.15, -0.1) is 0 Å². The Morgan fingerprint density at radius 2 is 1.93 bits per heavy atom. The van der Waals surface area contributed by atoms with E-state index in [1.165, 1.54) is 11.2 Å². The van der Waals surface area contributed by atoms with Crippen LogP contribution >= 0.6 is 0 Å². The molecule has 0 unspecified atom stereocenters. The number of carbonyl (C=O) groups is 2. The molecule has 0 spiro atoms. The molecule has 1 aromatic heterocycles. The fourth-order valence-electron chi connectivity index (χ4n) is 3.54. The van der Waals surface area contributed by atoms with Gasteiger partial charge in [-0.25, -0.2) is 0 Å². The van der Waals surface area contributed by atoms with E-state index >= 15 is 0 Å². The Balaban J connectivity index is 1.79. The maximum Gasteiger partial charge on any atom is 0.295 e. The Morgan fingerprint density at radius 3 is 2.62 bits per heavy atom. The van der Waals surface area contributed by atoms with Crippen LogP contribution in [0.15, 0.2) is 46.6 Å². The molecule has 2 aliphatic rings. The SMILES string of the molecule is C[NH+](C)CCN1C(=O)C(=O)C(=C(O)c2ccc3c(c2)OCCO3)[C@H]1c1ccco1. The number of ketones is 1. The Hall–Kier alpha value is -3.26. The van der Waals surface area contributed by atoms with Gasteiger partial charge in [-0.3, -0.25) is 9.59 Å². The summed E-state index contributed by atoms with van der Waals surface area (Å²) in [6.45, 7) is 1.86. The van der Waals surface area contributed by atoms with E-state index in [0.29, 0.717) is 49.1 Å². The van der Waals surface area contributed by atoms with Gasteiger partial charge in [0.15, 0.2) is 11.5 Å². The van der Waals surface area contributed by atoms with Crippen LogP contribution in [-0.4, -0.2) is 62.1 Å². The molecule has 4 rings (SSSR count). The fourth-order valence-corrected chi connectivity index (χ4v) is 3.54. The molecule has 1 aromatic carbocycles. The lowest BCUT2D eigenvalue weighted by molar-refractivity contribution is -0.857. The van der Waals surface area contributed by atoms with Crippen molar-refractivity contribution in [2.24, 2.45) is 0 Å². The molecule has 152 valence electrons. The van der Waals surface area contributed by atoms with Crippen LogP contribution in [0.25, 0.3) is 5.76 Å². The molecule has 3 heterocycles. The molecule has 1 amide bonds. The van der Waals surface area contributed by atoms with Crippen LogP contribution < -0.4 is 14.4 Å². The first-order valence-electron chi connectivity index (χ1n) is 9.48. The number of Topliss-reactive ketones (excluding diaryl/α,β-unsaturated/α-hetero) is 1. The smallest absolute Gasteiger partial charge is 0.295 e. The molecular weight excluding hydrogens is 376 g/mol. The van der Waals surface area contributed by atoms with E-state index in [-0.39, 0.29) is 11.3 Å². The highest BCUT2D eigenvalue weighted by Crippen LogP contribution is 2.40. The van der Waals surface area contributed by atoms with Crippen molar-refractivity contribution in [3.8, 4) is 11.5 Å². The molecule has 1 saturated heterocycles. The number of likely N-dealkylation sites (N-methyl/N-ethyl adjacent to an activating group) is 1. The maximum absolute atomic E-state index is 12.9. The van der Waals surface area contributed by atoms with Crippen molar-refractivity contribution in [3.63, 3.8) is 0 Å². The quantitative estimate of drug-likeness (QED) is 0.435. The zero-order valence-electron chi connectivity index (χ0n) is 16.3. The molecule has 8 nitrogen and oxygen atoms in total. The number of likely N-dealkylation sites (tertiary alicyclic amines) is 1. The van der Waals surface area contributed by atoms with Crippen LogP contribution in [-0.2, 0) is 9.59 Å². The van der Waals surface area contributed by atoms with Gasteiger partial charge in [0.05, 0.1) is 39.0 Å². The highest BCUT2D eigenvalue weighted by molar-refractivity contribution is 6.46. The van der Waals surface area contributed by atoms with Crippen molar-refractivity contribution in [2.45, 2.75) is 6.04 Å². The lowest BCUT2D eigenvalue weighted by Gasteiger charge is -2.23. The molecule has 2 aliphatic heterocycles. The van der Waals surface area contributed by atoms with Gasteiger partial charge in [0.25, 0.3) is 11.7 Å². The monoisotopic (exact) mass is 399 g/mol. The Bertz CT molecular complexity index is 964. The first-order valence-corrected chi connectivity index (χ1v) is 9.48. The van der Waals surface area contributed by atoms with E-state index in [1.54, 1.807) is 30.3 Å². The number of nitrogens with one attached hydrogen (secondary N) is 1. The number of benzene rings is 1. The second-order valence-electron chi connectivity index (χ2n) is 7.32. The summed E-state index contributed by atoms with van der Waals surface area (Å²) < 4.78 is 16.6. The summed E-state index contributed by atoms with van der Waals surface area (Å²) in [7, 11) is 3.93. The number of hydrogen-bond acceptors (Lipinski definition) is 6. The van der Waals surface area contributed by atoms with Gasteiger partial charge < -0.3 is 28.8 Å². The topological polar surface area (TPSA) is 93.7 Å². The standard InChI is InChI=1S/C21H22N2O6/c1-22(2)7-8-23-18(15-4-3-9-27-15)17(20(25)21(23)26)19(24)13-5-6-14-16(12-13)29-11-10-28-14/h3-6,9,12,18,24H,7-8,10-11H2,1-2H3/p+1/t18-/m1/s1. The summed E-state index contributed by atoms with van der Waals surface area (Å²) in [4.78, 5) is 28.2. The van der Waals surface area contributed by atoms with E-state index in [2.05, 4.69) is 0 Å². The molecule has 29 heavy (non-hydrogen) atoms. The van der Waals surface area contributed by atoms with E-state index < -0.39 is 17.7 Å². The summed E-state index contributed by atoms with van der Waals surface area (Å²) in [6, 6.07) is 7.54. The Kier molecular flexibility index (Phi) is 5.02. The Morgan fingerprint density at radius 1 is 1.17 bits per heavy atom. The van der Waals surface area contributed by atoms with E-state index in [9.17, 15) is 14.7 Å². The highest BCUT2D eigenvalue weighted by atomic mass is 16.6. The number of hydrogen-bond donors (Lipinski definition) is 2. The first kappa shape index (κ1) is 19.1. The Labute approximate surface area is 167 Å². The minimum atomic E-state index is -0.780. The molecule has 1 fully saturated rings. The number of fused-ring (bicyclic) bond motifs is 1. The van der Waals surface area contributed by atoms with Crippen LogP contribution in [0.2, 0.25) is 0 Å². The number of rotatable bonds is 5. The second kappa shape index (κ2) is 7.63. The minimum absolute atomic E-state index is 0.00961. The molecule has 0 radical (unpaired) electrons. The second-order valence-corrected chi connectivity index (χ2v) is 7.32. The normalized spacial score (nSPS) is 20.5. The number of amides is 1. The third-order valence-corrected chi connectivity index (χ3v) is 5.02. The maximum atomic E-state index is 12.9. The largest absolute Gasteiger partial charge is 0.507 e. The lowest BCUT2D eigenvalue weighted by Crippen LogP contribution is -3.06. The van der Waals surface area contributed by atoms with Gasteiger partial charge in [0, 0.05) is 5.56 Å². The van der Waals surface area contributed by atoms with Crippen molar-refractivity contribution in [2.75, 3.05) is 40.4 Å². The number of aliphatic hydroxyl groups is 1. The average Bonchev–Trinajstić information content (AvgIpc) is 3.33. The molecule has 0 aliphatic carbocycles. The zero-order valence-corrected chi connectivity index (χ0v) is 16.3. The number of furan rings is 1. The molecule has 0 saturated carbocycles. The van der Waals surface area contributed by atoms with Crippen LogP contribution in [0.1, 0.15) is 17.4 Å². The summed E-state index contributed by atoms with van der Waals surface area (Å²) >= 11 is 0. The van der Waals surface area contributed by atoms with Gasteiger partial charge in [-0.05, 0) is 30.3 Å². The number of ether oxygens (including phenoxy) is 2. The van der Waals surface area contributed by atoms with Gasteiger partial charge in [-0.1, -0.05) is 0 Å².